The van der Waals surface area contributed by atoms with Crippen LogP contribution in [0.4, 0.5) is 5.13 Å². The van der Waals surface area contributed by atoms with Gasteiger partial charge < -0.3 is 10.2 Å². The zero-order chi connectivity index (χ0) is 22.2. The molecule has 1 N–H and O–H groups in total. The number of hydrogen-bond acceptors (Lipinski definition) is 6. The molecule has 0 spiro atoms. The normalized spacial score (nSPS) is 17.8. The molecular formula is C23H27N5O3S. The molecule has 1 unspecified atom stereocenters. The van der Waals surface area contributed by atoms with Crippen molar-refractivity contribution >= 4 is 32.7 Å². The van der Waals surface area contributed by atoms with E-state index in [-0.39, 0.29) is 24.1 Å². The molecular weight excluding hydrogens is 426 g/mol. The van der Waals surface area contributed by atoms with Crippen LogP contribution in [0, 0.1) is 0 Å². The van der Waals surface area contributed by atoms with Crippen LogP contribution < -0.4 is 21.5 Å². The van der Waals surface area contributed by atoms with Crippen LogP contribution in [-0.4, -0.2) is 33.1 Å². The molecule has 32 heavy (non-hydrogen) atoms. The van der Waals surface area contributed by atoms with Crippen molar-refractivity contribution < 1.29 is 4.79 Å². The van der Waals surface area contributed by atoms with Gasteiger partial charge in [-0.3, -0.25) is 18.7 Å². The Bertz CT molecular complexity index is 1290. The molecule has 2 aromatic heterocycles. The first-order chi connectivity index (χ1) is 15.6. The van der Waals surface area contributed by atoms with Gasteiger partial charge in [-0.25, -0.2) is 9.78 Å². The first-order valence-corrected chi connectivity index (χ1v) is 12.1. The van der Waals surface area contributed by atoms with Gasteiger partial charge in [0.2, 0.25) is 5.91 Å². The smallest absolute Gasteiger partial charge is 0.333 e. The third-order valence-corrected chi connectivity index (χ3v) is 7.44. The number of carbonyl (C=O) groups excluding carboxylic acids is 1. The maximum atomic E-state index is 13.2. The highest BCUT2D eigenvalue weighted by molar-refractivity contribution is 7.22. The highest BCUT2D eigenvalue weighted by Crippen LogP contribution is 2.31. The lowest BCUT2D eigenvalue weighted by Crippen LogP contribution is -2.42. The molecule has 1 amide bonds. The summed E-state index contributed by atoms with van der Waals surface area (Å²) in [6.45, 7) is 3.89. The minimum Gasteiger partial charge on any atom is -0.348 e. The van der Waals surface area contributed by atoms with Crippen LogP contribution in [-0.2, 0) is 24.3 Å². The van der Waals surface area contributed by atoms with E-state index in [9.17, 15) is 14.4 Å². The van der Waals surface area contributed by atoms with E-state index in [1.165, 1.54) is 26.0 Å². The van der Waals surface area contributed by atoms with Crippen molar-refractivity contribution in [3.8, 4) is 0 Å². The zero-order valence-corrected chi connectivity index (χ0v) is 19.0. The van der Waals surface area contributed by atoms with Crippen molar-refractivity contribution in [3.05, 3.63) is 56.2 Å². The van der Waals surface area contributed by atoms with Crippen LogP contribution in [0.5, 0.6) is 0 Å². The maximum absolute atomic E-state index is 13.2. The SMILES string of the molecule is CCCn1c(=O)c2sc(N3CCCC3)nc2n(CC(=O)NC2CCc3ccccc32)c1=O. The summed E-state index contributed by atoms with van der Waals surface area (Å²) in [6, 6.07) is 8.07. The molecule has 1 atom stereocenters. The largest absolute Gasteiger partial charge is 0.348 e. The molecule has 5 rings (SSSR count). The molecule has 1 fully saturated rings. The monoisotopic (exact) mass is 453 g/mol. The van der Waals surface area contributed by atoms with E-state index in [1.807, 2.05) is 25.1 Å². The molecule has 1 aliphatic carbocycles. The Kier molecular flexibility index (Phi) is 5.58. The molecule has 1 aromatic carbocycles. The average molecular weight is 454 g/mol. The average Bonchev–Trinajstić information content (AvgIpc) is 3.54. The first kappa shape index (κ1) is 20.9. The molecule has 1 saturated heterocycles. The highest BCUT2D eigenvalue weighted by Gasteiger charge is 2.26. The maximum Gasteiger partial charge on any atom is 0.333 e. The van der Waals surface area contributed by atoms with Gasteiger partial charge >= 0.3 is 5.69 Å². The molecule has 8 nitrogen and oxygen atoms in total. The van der Waals surface area contributed by atoms with E-state index in [4.69, 9.17) is 0 Å². The van der Waals surface area contributed by atoms with Crippen molar-refractivity contribution in [1.82, 2.24) is 19.4 Å². The Labute approximate surface area is 189 Å². The number of aromatic nitrogens is 3. The first-order valence-electron chi connectivity index (χ1n) is 11.3. The van der Waals surface area contributed by atoms with Crippen molar-refractivity contribution in [3.63, 3.8) is 0 Å². The third-order valence-electron chi connectivity index (χ3n) is 6.35. The standard InChI is InChI=1S/C23H27N5O3S/c1-2-11-27-21(30)19-20(25-22(32-19)26-12-5-6-13-26)28(23(27)31)14-18(29)24-17-10-9-15-7-3-4-8-16(15)17/h3-4,7-8,17H,2,5-6,9-14H2,1H3,(H,24,29). The van der Waals surface area contributed by atoms with Gasteiger partial charge in [-0.1, -0.05) is 42.5 Å². The molecule has 1 aliphatic heterocycles. The molecule has 0 saturated carbocycles. The molecule has 0 radical (unpaired) electrons. The molecule has 2 aliphatic rings. The fourth-order valence-electron chi connectivity index (χ4n) is 4.77. The van der Waals surface area contributed by atoms with Crippen LogP contribution in [0.1, 0.15) is 49.8 Å². The van der Waals surface area contributed by atoms with Gasteiger partial charge in [-0.2, -0.15) is 0 Å². The van der Waals surface area contributed by atoms with E-state index in [0.29, 0.717) is 23.3 Å². The predicted molar refractivity (Wildman–Crippen MR) is 126 cm³/mol. The second-order valence-corrected chi connectivity index (χ2v) is 9.50. The minimum absolute atomic E-state index is 0.0537. The van der Waals surface area contributed by atoms with Crippen LogP contribution in [0.3, 0.4) is 0 Å². The Hall–Kier alpha value is -2.94. The summed E-state index contributed by atoms with van der Waals surface area (Å²) >= 11 is 1.32. The van der Waals surface area contributed by atoms with E-state index < -0.39 is 5.69 Å². The van der Waals surface area contributed by atoms with Gasteiger partial charge in [0.1, 0.15) is 11.2 Å². The summed E-state index contributed by atoms with van der Waals surface area (Å²) in [4.78, 5) is 46.0. The third kappa shape index (κ3) is 3.64. The number of nitrogens with one attached hydrogen (secondary N) is 1. The summed E-state index contributed by atoms with van der Waals surface area (Å²) in [7, 11) is 0. The lowest BCUT2D eigenvalue weighted by atomic mass is 10.1. The molecule has 0 bridgehead atoms. The van der Waals surface area contributed by atoms with Crippen LogP contribution in [0.2, 0.25) is 0 Å². The topological polar surface area (TPSA) is 89.2 Å². The van der Waals surface area contributed by atoms with Crippen LogP contribution >= 0.6 is 11.3 Å². The Morgan fingerprint density at radius 1 is 1.19 bits per heavy atom. The molecule has 3 aromatic rings. The van der Waals surface area contributed by atoms with Gasteiger partial charge in [0.25, 0.3) is 5.56 Å². The molecule has 9 heteroatoms. The number of thiazole rings is 1. The van der Waals surface area contributed by atoms with Crippen LogP contribution in [0.25, 0.3) is 10.3 Å². The van der Waals surface area contributed by atoms with Crippen LogP contribution in [0.15, 0.2) is 33.9 Å². The Balaban J connectivity index is 1.50. The quantitative estimate of drug-likeness (QED) is 0.619. The van der Waals surface area contributed by atoms with Gasteiger partial charge in [-0.05, 0) is 43.2 Å². The number of amides is 1. The van der Waals surface area contributed by atoms with Crippen molar-refractivity contribution in [2.75, 3.05) is 18.0 Å². The fourth-order valence-corrected chi connectivity index (χ4v) is 5.84. The van der Waals surface area contributed by atoms with Gasteiger partial charge in [-0.15, -0.1) is 0 Å². The number of nitrogens with zero attached hydrogens (tertiary/aromatic N) is 4. The summed E-state index contributed by atoms with van der Waals surface area (Å²) < 4.78 is 3.06. The highest BCUT2D eigenvalue weighted by atomic mass is 32.1. The number of hydrogen-bond donors (Lipinski definition) is 1. The lowest BCUT2D eigenvalue weighted by molar-refractivity contribution is -0.122. The molecule has 3 heterocycles. The predicted octanol–water partition coefficient (Wildman–Crippen LogP) is 2.43. The number of rotatable bonds is 6. The second-order valence-electron chi connectivity index (χ2n) is 8.53. The van der Waals surface area contributed by atoms with Crippen molar-refractivity contribution in [2.24, 2.45) is 0 Å². The van der Waals surface area contributed by atoms with Gasteiger partial charge in [0, 0.05) is 19.6 Å². The van der Waals surface area contributed by atoms with Gasteiger partial charge in [0.15, 0.2) is 10.8 Å². The van der Waals surface area contributed by atoms with Crippen molar-refractivity contribution in [2.45, 2.75) is 58.2 Å². The summed E-state index contributed by atoms with van der Waals surface area (Å²) in [5, 5.41) is 3.83. The summed E-state index contributed by atoms with van der Waals surface area (Å²) in [5.74, 6) is -0.243. The van der Waals surface area contributed by atoms with E-state index in [0.717, 1.165) is 49.5 Å². The lowest BCUT2D eigenvalue weighted by Gasteiger charge is -2.16. The van der Waals surface area contributed by atoms with Crippen molar-refractivity contribution in [1.29, 1.82) is 0 Å². The van der Waals surface area contributed by atoms with E-state index in [2.05, 4.69) is 21.3 Å². The van der Waals surface area contributed by atoms with Gasteiger partial charge in [0.05, 0.1) is 6.04 Å². The number of fused-ring (bicyclic) bond motifs is 2. The number of carbonyl (C=O) groups is 1. The number of aryl methyl sites for hydroxylation is 1. The second kappa shape index (κ2) is 8.54. The molecule has 168 valence electrons. The Morgan fingerprint density at radius 3 is 2.75 bits per heavy atom. The summed E-state index contributed by atoms with van der Waals surface area (Å²) in [5.41, 5.74) is 1.94. The number of anilines is 1. The van der Waals surface area contributed by atoms with E-state index in [1.54, 1.807) is 0 Å². The number of benzene rings is 1. The fraction of sp³-hybridized carbons (Fsp3) is 0.478. The Morgan fingerprint density at radius 2 is 1.97 bits per heavy atom. The summed E-state index contributed by atoms with van der Waals surface area (Å²) in [6.07, 6.45) is 4.62. The minimum atomic E-state index is -0.468. The van der Waals surface area contributed by atoms with E-state index >= 15 is 0 Å². The zero-order valence-electron chi connectivity index (χ0n) is 18.2.